The Hall–Kier alpha value is -2.09. The van der Waals surface area contributed by atoms with Gasteiger partial charge in [-0.3, -0.25) is 14.9 Å². The van der Waals surface area contributed by atoms with Crippen LogP contribution >= 0.6 is 23.4 Å². The van der Waals surface area contributed by atoms with E-state index >= 15 is 0 Å². The van der Waals surface area contributed by atoms with E-state index in [0.29, 0.717) is 22.4 Å². The number of nitro benzene ring substituents is 1. The first kappa shape index (κ1) is 18.7. The standard InChI is InChI=1S/C18H18ClN3O3S/c19-12-3-6-14(7-4-12)26-17-8-5-13(22(24)25)9-15(17)18(23)21-10-16(20)11-1-2-11/h3-9,11,16H,1-2,10,20H2,(H,21,23). The lowest BCUT2D eigenvalue weighted by Gasteiger charge is -2.13. The molecule has 8 heteroatoms. The molecular formula is C18H18ClN3O3S. The topological polar surface area (TPSA) is 98.3 Å². The fourth-order valence-electron chi connectivity index (χ4n) is 2.52. The number of amides is 1. The molecule has 0 heterocycles. The summed E-state index contributed by atoms with van der Waals surface area (Å²) in [4.78, 5) is 24.7. The first-order valence-electron chi connectivity index (χ1n) is 8.19. The summed E-state index contributed by atoms with van der Waals surface area (Å²) in [6.07, 6.45) is 2.18. The molecule has 6 nitrogen and oxygen atoms in total. The molecule has 1 atom stereocenters. The maximum absolute atomic E-state index is 12.6. The van der Waals surface area contributed by atoms with Crippen LogP contribution < -0.4 is 11.1 Å². The number of hydrogen-bond acceptors (Lipinski definition) is 5. The minimum Gasteiger partial charge on any atom is -0.350 e. The maximum Gasteiger partial charge on any atom is 0.270 e. The zero-order chi connectivity index (χ0) is 18.7. The van der Waals surface area contributed by atoms with E-state index in [0.717, 1.165) is 17.7 Å². The van der Waals surface area contributed by atoms with E-state index < -0.39 is 4.92 Å². The maximum atomic E-state index is 12.6. The minimum atomic E-state index is -0.510. The van der Waals surface area contributed by atoms with Crippen LogP contribution in [0, 0.1) is 16.0 Å². The third kappa shape index (κ3) is 4.75. The van der Waals surface area contributed by atoms with Crippen molar-refractivity contribution in [3.63, 3.8) is 0 Å². The van der Waals surface area contributed by atoms with E-state index in [-0.39, 0.29) is 23.2 Å². The normalized spacial score (nSPS) is 14.7. The van der Waals surface area contributed by atoms with Crippen molar-refractivity contribution < 1.29 is 9.72 Å². The Kier molecular flexibility index (Phi) is 5.80. The summed E-state index contributed by atoms with van der Waals surface area (Å²) < 4.78 is 0. The van der Waals surface area contributed by atoms with Crippen LogP contribution in [0.25, 0.3) is 0 Å². The van der Waals surface area contributed by atoms with Gasteiger partial charge in [-0.05, 0) is 49.1 Å². The SMILES string of the molecule is NC(CNC(=O)c1cc([N+](=O)[O-])ccc1Sc1ccc(Cl)cc1)C1CC1. The van der Waals surface area contributed by atoms with Crippen molar-refractivity contribution in [3.05, 3.63) is 63.2 Å². The van der Waals surface area contributed by atoms with Gasteiger partial charge in [-0.1, -0.05) is 23.4 Å². The number of halogens is 1. The second-order valence-corrected chi connectivity index (χ2v) is 7.76. The molecule has 1 fully saturated rings. The predicted molar refractivity (Wildman–Crippen MR) is 102 cm³/mol. The van der Waals surface area contributed by atoms with Crippen molar-refractivity contribution >= 4 is 35.0 Å². The summed E-state index contributed by atoms with van der Waals surface area (Å²) in [6.45, 7) is 0.358. The molecule has 1 unspecified atom stereocenters. The van der Waals surface area contributed by atoms with E-state index in [9.17, 15) is 14.9 Å². The fourth-order valence-corrected chi connectivity index (χ4v) is 3.57. The lowest BCUT2D eigenvalue weighted by molar-refractivity contribution is -0.384. The second kappa shape index (κ2) is 8.07. The van der Waals surface area contributed by atoms with Crippen LogP contribution in [0.1, 0.15) is 23.2 Å². The number of rotatable bonds is 7. The number of nitrogens with one attached hydrogen (secondary N) is 1. The van der Waals surface area contributed by atoms with Crippen molar-refractivity contribution in [2.45, 2.75) is 28.7 Å². The number of nitrogens with two attached hydrogens (primary N) is 1. The Morgan fingerprint density at radius 1 is 1.31 bits per heavy atom. The molecule has 2 aromatic rings. The molecule has 0 aromatic heterocycles. The van der Waals surface area contributed by atoms with E-state index in [1.807, 2.05) is 12.1 Å². The number of nitrogens with zero attached hydrogens (tertiary/aromatic N) is 1. The van der Waals surface area contributed by atoms with Gasteiger partial charge in [0, 0.05) is 39.5 Å². The summed E-state index contributed by atoms with van der Waals surface area (Å²) >= 11 is 7.24. The molecule has 26 heavy (non-hydrogen) atoms. The van der Waals surface area contributed by atoms with Crippen LogP contribution in [0.3, 0.4) is 0 Å². The number of carbonyl (C=O) groups is 1. The van der Waals surface area contributed by atoms with Crippen LogP contribution in [-0.4, -0.2) is 23.4 Å². The Labute approximate surface area is 160 Å². The first-order chi connectivity index (χ1) is 12.4. The lowest BCUT2D eigenvalue weighted by atomic mass is 10.1. The van der Waals surface area contributed by atoms with E-state index in [4.69, 9.17) is 17.3 Å². The average molecular weight is 392 g/mol. The number of hydrogen-bond donors (Lipinski definition) is 2. The number of non-ortho nitro benzene ring substituents is 1. The van der Waals surface area contributed by atoms with Crippen LogP contribution in [0.4, 0.5) is 5.69 Å². The molecule has 2 aromatic carbocycles. The molecule has 1 amide bonds. The molecule has 1 aliphatic rings. The molecule has 0 radical (unpaired) electrons. The van der Waals surface area contributed by atoms with Crippen LogP contribution in [0.5, 0.6) is 0 Å². The molecule has 1 aliphatic carbocycles. The van der Waals surface area contributed by atoms with Crippen molar-refractivity contribution in [2.75, 3.05) is 6.54 Å². The van der Waals surface area contributed by atoms with Gasteiger partial charge in [0.25, 0.3) is 11.6 Å². The van der Waals surface area contributed by atoms with Crippen LogP contribution in [-0.2, 0) is 0 Å². The van der Waals surface area contributed by atoms with E-state index in [1.165, 1.54) is 23.9 Å². The van der Waals surface area contributed by atoms with Gasteiger partial charge in [0.1, 0.15) is 0 Å². The highest BCUT2D eigenvalue weighted by molar-refractivity contribution is 7.99. The molecular weight excluding hydrogens is 374 g/mol. The monoisotopic (exact) mass is 391 g/mol. The molecule has 0 bridgehead atoms. The average Bonchev–Trinajstić information content (AvgIpc) is 3.46. The van der Waals surface area contributed by atoms with Gasteiger partial charge < -0.3 is 11.1 Å². The fraction of sp³-hybridized carbons (Fsp3) is 0.278. The number of nitro groups is 1. The largest absolute Gasteiger partial charge is 0.350 e. The van der Waals surface area contributed by atoms with Crippen molar-refractivity contribution in [1.82, 2.24) is 5.32 Å². The molecule has 1 saturated carbocycles. The van der Waals surface area contributed by atoms with Crippen molar-refractivity contribution in [3.8, 4) is 0 Å². The Balaban J connectivity index is 1.81. The Morgan fingerprint density at radius 2 is 2.00 bits per heavy atom. The highest BCUT2D eigenvalue weighted by Gasteiger charge is 2.29. The highest BCUT2D eigenvalue weighted by Crippen LogP contribution is 2.34. The first-order valence-corrected chi connectivity index (χ1v) is 9.39. The molecule has 136 valence electrons. The van der Waals surface area contributed by atoms with Crippen LogP contribution in [0.2, 0.25) is 5.02 Å². The zero-order valence-electron chi connectivity index (χ0n) is 13.9. The third-order valence-electron chi connectivity index (χ3n) is 4.19. The summed E-state index contributed by atoms with van der Waals surface area (Å²) in [5.74, 6) is 0.101. The van der Waals surface area contributed by atoms with E-state index in [1.54, 1.807) is 18.2 Å². The zero-order valence-corrected chi connectivity index (χ0v) is 15.4. The molecule has 3 N–H and O–H groups in total. The quantitative estimate of drug-likeness (QED) is 0.551. The summed E-state index contributed by atoms with van der Waals surface area (Å²) in [5, 5.41) is 14.5. The lowest BCUT2D eigenvalue weighted by Crippen LogP contribution is -2.38. The van der Waals surface area contributed by atoms with Crippen molar-refractivity contribution in [2.24, 2.45) is 11.7 Å². The molecule has 0 saturated heterocycles. The molecule has 3 rings (SSSR count). The van der Waals surface area contributed by atoms with E-state index in [2.05, 4.69) is 5.32 Å². The highest BCUT2D eigenvalue weighted by atomic mass is 35.5. The molecule has 0 aliphatic heterocycles. The summed E-state index contributed by atoms with van der Waals surface area (Å²) in [6, 6.07) is 11.4. The molecule has 0 spiro atoms. The van der Waals surface area contributed by atoms with Gasteiger partial charge in [0.15, 0.2) is 0 Å². The van der Waals surface area contributed by atoms with Gasteiger partial charge in [-0.15, -0.1) is 0 Å². The van der Waals surface area contributed by atoms with Gasteiger partial charge in [-0.2, -0.15) is 0 Å². The second-order valence-electron chi connectivity index (χ2n) is 6.20. The smallest absolute Gasteiger partial charge is 0.270 e. The third-order valence-corrected chi connectivity index (χ3v) is 5.52. The van der Waals surface area contributed by atoms with Crippen LogP contribution in [0.15, 0.2) is 52.3 Å². The van der Waals surface area contributed by atoms with Crippen molar-refractivity contribution in [1.29, 1.82) is 0 Å². The number of carbonyl (C=O) groups excluding carboxylic acids is 1. The predicted octanol–water partition coefficient (Wildman–Crippen LogP) is 3.87. The summed E-state index contributed by atoms with van der Waals surface area (Å²) in [5.41, 5.74) is 6.16. The summed E-state index contributed by atoms with van der Waals surface area (Å²) in [7, 11) is 0. The van der Waals surface area contributed by atoms with Gasteiger partial charge in [0.05, 0.1) is 10.5 Å². The van der Waals surface area contributed by atoms with Gasteiger partial charge in [0.2, 0.25) is 0 Å². The Bertz CT molecular complexity index is 825. The number of benzene rings is 2. The van der Waals surface area contributed by atoms with Gasteiger partial charge in [-0.25, -0.2) is 0 Å². The Morgan fingerprint density at radius 3 is 2.62 bits per heavy atom. The minimum absolute atomic E-state index is 0.0787. The van der Waals surface area contributed by atoms with Gasteiger partial charge >= 0.3 is 0 Å².